The van der Waals surface area contributed by atoms with Gasteiger partial charge in [0.1, 0.15) is 17.2 Å². The summed E-state index contributed by atoms with van der Waals surface area (Å²) in [7, 11) is -3.35. The maximum atomic E-state index is 13.0. The van der Waals surface area contributed by atoms with Gasteiger partial charge in [0.15, 0.2) is 16.4 Å². The molecule has 0 aromatic heterocycles. The van der Waals surface area contributed by atoms with Crippen molar-refractivity contribution in [1.29, 1.82) is 0 Å². The van der Waals surface area contributed by atoms with Crippen LogP contribution < -0.4 is 9.47 Å². The van der Waals surface area contributed by atoms with Gasteiger partial charge in [0.25, 0.3) is 0 Å². The summed E-state index contributed by atoms with van der Waals surface area (Å²) in [5.74, 6) is 5.92. The van der Waals surface area contributed by atoms with Crippen molar-refractivity contribution in [3.8, 4) is 29.1 Å². The Morgan fingerprint density at radius 1 is 0.857 bits per heavy atom. The first-order chi connectivity index (χ1) is 19.8. The molecular formula is C31H23F3O6S2. The van der Waals surface area contributed by atoms with E-state index in [0.29, 0.717) is 22.6 Å². The normalized spacial score (nSPS) is 11.4. The number of aliphatic carboxylic acids is 1. The van der Waals surface area contributed by atoms with Gasteiger partial charge < -0.3 is 14.6 Å². The van der Waals surface area contributed by atoms with E-state index in [9.17, 15) is 26.4 Å². The molecule has 42 heavy (non-hydrogen) atoms. The molecule has 0 saturated carbocycles. The van der Waals surface area contributed by atoms with Crippen molar-refractivity contribution in [2.24, 2.45) is 0 Å². The van der Waals surface area contributed by atoms with Gasteiger partial charge in [-0.05, 0) is 97.4 Å². The van der Waals surface area contributed by atoms with Crippen molar-refractivity contribution in [3.63, 3.8) is 0 Å². The second-order valence-electron chi connectivity index (χ2n) is 9.08. The Bertz CT molecular complexity index is 1770. The molecule has 0 radical (unpaired) electrons. The van der Waals surface area contributed by atoms with Gasteiger partial charge in [-0.1, -0.05) is 23.6 Å². The van der Waals surface area contributed by atoms with E-state index in [4.69, 9.17) is 14.6 Å². The van der Waals surface area contributed by atoms with Crippen LogP contribution in [0, 0.1) is 18.8 Å². The van der Waals surface area contributed by atoms with Gasteiger partial charge in [-0.3, -0.25) is 0 Å². The lowest BCUT2D eigenvalue weighted by Gasteiger charge is -2.12. The molecule has 4 rings (SSSR count). The molecule has 0 unspecified atom stereocenters. The Morgan fingerprint density at radius 2 is 1.52 bits per heavy atom. The molecule has 0 fully saturated rings. The van der Waals surface area contributed by atoms with Crippen LogP contribution in [-0.4, -0.2) is 32.4 Å². The average molecular weight is 613 g/mol. The zero-order valence-corrected chi connectivity index (χ0v) is 23.9. The molecule has 11 heteroatoms. The standard InChI is InChI=1S/C31H23F3O6S2/c1-20-15-26(11-14-29(20)39-19-30(35)36)41-27-17-22(4-3-21-5-12-28(13-6-21)42(2,37)38)16-25(18-27)40-24-9-7-23(8-10-24)31(32,33)34/h5-18H,19H2,1-2H3,(H,35,36). The highest BCUT2D eigenvalue weighted by atomic mass is 32.2. The summed E-state index contributed by atoms with van der Waals surface area (Å²) < 4.78 is 73.5. The van der Waals surface area contributed by atoms with E-state index in [1.807, 2.05) is 12.1 Å². The highest BCUT2D eigenvalue weighted by Crippen LogP contribution is 2.36. The molecule has 216 valence electrons. The van der Waals surface area contributed by atoms with E-state index in [2.05, 4.69) is 11.8 Å². The third kappa shape index (κ3) is 8.55. The van der Waals surface area contributed by atoms with Gasteiger partial charge in [0, 0.05) is 27.2 Å². The summed E-state index contributed by atoms with van der Waals surface area (Å²) in [6, 6.07) is 20.9. The monoisotopic (exact) mass is 612 g/mol. The van der Waals surface area contributed by atoms with Crippen molar-refractivity contribution < 1.29 is 41.0 Å². The Morgan fingerprint density at radius 3 is 2.12 bits per heavy atom. The first-order valence-corrected chi connectivity index (χ1v) is 14.9. The number of carboxylic acid groups (broad SMARTS) is 1. The lowest BCUT2D eigenvalue weighted by atomic mass is 10.1. The van der Waals surface area contributed by atoms with E-state index >= 15 is 0 Å². The molecule has 0 amide bonds. The quantitative estimate of drug-likeness (QED) is 0.210. The number of carbonyl (C=O) groups is 1. The van der Waals surface area contributed by atoms with E-state index in [1.165, 1.54) is 36.0 Å². The van der Waals surface area contributed by atoms with Crippen LogP contribution in [0.4, 0.5) is 13.2 Å². The minimum atomic E-state index is -4.47. The predicted molar refractivity (Wildman–Crippen MR) is 152 cm³/mol. The zero-order chi connectivity index (χ0) is 30.5. The molecule has 1 N–H and O–H groups in total. The van der Waals surface area contributed by atoms with Gasteiger partial charge in [-0.2, -0.15) is 13.2 Å². The summed E-state index contributed by atoms with van der Waals surface area (Å²) in [5.41, 5.74) is 1.07. The van der Waals surface area contributed by atoms with Crippen LogP contribution in [0.3, 0.4) is 0 Å². The van der Waals surface area contributed by atoms with Crippen molar-refractivity contribution in [1.82, 2.24) is 0 Å². The molecule has 4 aromatic carbocycles. The number of aryl methyl sites for hydroxylation is 1. The highest BCUT2D eigenvalue weighted by Gasteiger charge is 2.30. The molecule has 0 heterocycles. The molecule has 0 aliphatic rings. The largest absolute Gasteiger partial charge is 0.482 e. The van der Waals surface area contributed by atoms with Gasteiger partial charge in [-0.15, -0.1) is 0 Å². The van der Waals surface area contributed by atoms with Crippen molar-refractivity contribution in [2.75, 3.05) is 12.9 Å². The van der Waals surface area contributed by atoms with Gasteiger partial charge in [0.05, 0.1) is 10.5 Å². The lowest BCUT2D eigenvalue weighted by Crippen LogP contribution is -2.09. The minimum absolute atomic E-state index is 0.174. The molecule has 0 spiro atoms. The first-order valence-electron chi connectivity index (χ1n) is 12.2. The summed E-state index contributed by atoms with van der Waals surface area (Å²) >= 11 is 1.37. The Labute approximate surface area is 245 Å². The van der Waals surface area contributed by atoms with Crippen LogP contribution >= 0.6 is 11.8 Å². The average Bonchev–Trinajstić information content (AvgIpc) is 2.91. The second-order valence-corrected chi connectivity index (χ2v) is 12.2. The maximum Gasteiger partial charge on any atom is 0.416 e. The van der Waals surface area contributed by atoms with Crippen LogP contribution in [0.1, 0.15) is 22.3 Å². The number of carboxylic acids is 1. The smallest absolute Gasteiger partial charge is 0.416 e. The summed E-state index contributed by atoms with van der Waals surface area (Å²) in [6.07, 6.45) is -3.35. The fraction of sp³-hybridized carbons (Fsp3) is 0.129. The third-order valence-corrected chi connectivity index (χ3v) is 7.75. The predicted octanol–water partition coefficient (Wildman–Crippen LogP) is 7.22. The summed E-state index contributed by atoms with van der Waals surface area (Å²) in [5, 5.41) is 8.86. The maximum absolute atomic E-state index is 13.0. The van der Waals surface area contributed by atoms with E-state index in [0.717, 1.165) is 33.7 Å². The number of rotatable bonds is 8. The van der Waals surface area contributed by atoms with Crippen LogP contribution in [0.25, 0.3) is 0 Å². The van der Waals surface area contributed by atoms with Crippen LogP contribution in [0.5, 0.6) is 17.2 Å². The number of alkyl halides is 3. The lowest BCUT2D eigenvalue weighted by molar-refractivity contribution is -0.139. The topological polar surface area (TPSA) is 89.9 Å². The molecule has 6 nitrogen and oxygen atoms in total. The van der Waals surface area contributed by atoms with Crippen LogP contribution in [-0.2, 0) is 20.8 Å². The summed E-state index contributed by atoms with van der Waals surface area (Å²) in [6.45, 7) is 1.33. The SMILES string of the molecule is Cc1cc(Sc2cc(C#Cc3ccc(S(C)(=O)=O)cc3)cc(Oc3ccc(C(F)(F)F)cc3)c2)ccc1OCC(=O)O. The van der Waals surface area contributed by atoms with E-state index in [1.54, 1.807) is 43.3 Å². The Balaban J connectivity index is 1.64. The molecular weight excluding hydrogens is 589 g/mol. The Kier molecular flexibility index (Phi) is 9.19. The highest BCUT2D eigenvalue weighted by molar-refractivity contribution is 7.99. The van der Waals surface area contributed by atoms with E-state index < -0.39 is 34.2 Å². The van der Waals surface area contributed by atoms with Gasteiger partial charge in [0.2, 0.25) is 0 Å². The molecule has 0 bridgehead atoms. The van der Waals surface area contributed by atoms with E-state index in [-0.39, 0.29) is 10.6 Å². The number of ether oxygens (including phenoxy) is 2. The third-order valence-electron chi connectivity index (χ3n) is 5.66. The molecule has 4 aromatic rings. The fourth-order valence-corrected chi connectivity index (χ4v) is 5.30. The number of halogens is 3. The molecule has 0 aliphatic carbocycles. The number of benzene rings is 4. The number of sulfone groups is 1. The first kappa shape index (κ1) is 30.6. The van der Waals surface area contributed by atoms with Crippen molar-refractivity contribution >= 4 is 27.6 Å². The molecule has 0 atom stereocenters. The Hall–Kier alpha value is -4.40. The molecule has 0 saturated heterocycles. The van der Waals surface area contributed by atoms with Gasteiger partial charge in [-0.25, -0.2) is 13.2 Å². The zero-order valence-electron chi connectivity index (χ0n) is 22.2. The van der Waals surface area contributed by atoms with Crippen LogP contribution in [0.15, 0.2) is 99.6 Å². The van der Waals surface area contributed by atoms with Gasteiger partial charge >= 0.3 is 12.1 Å². The number of hydrogen-bond donors (Lipinski definition) is 1. The fourth-order valence-electron chi connectivity index (χ4n) is 3.66. The summed E-state index contributed by atoms with van der Waals surface area (Å²) in [4.78, 5) is 12.5. The molecule has 0 aliphatic heterocycles. The second kappa shape index (κ2) is 12.6. The van der Waals surface area contributed by atoms with Crippen molar-refractivity contribution in [3.05, 3.63) is 107 Å². The van der Waals surface area contributed by atoms with Crippen LogP contribution in [0.2, 0.25) is 0 Å². The minimum Gasteiger partial charge on any atom is -0.482 e. The van der Waals surface area contributed by atoms with Crippen molar-refractivity contribution in [2.45, 2.75) is 27.8 Å². The number of hydrogen-bond acceptors (Lipinski definition) is 6.